The number of hydrogen-bond donors (Lipinski definition) is 1. The Labute approximate surface area is 101 Å². The summed E-state index contributed by atoms with van der Waals surface area (Å²) >= 11 is 0. The van der Waals surface area contributed by atoms with E-state index in [1.807, 2.05) is 0 Å². The third-order valence-corrected chi connectivity index (χ3v) is 3.55. The Hall–Kier alpha value is -0.370. The molecular formula is C14H29NO. The van der Waals surface area contributed by atoms with Gasteiger partial charge in [0.05, 0.1) is 0 Å². The topological polar surface area (TPSA) is 43.1 Å². The molecule has 2 N–H and O–H groups in total. The number of hydrogen-bond acceptors (Lipinski definition) is 2. The summed E-state index contributed by atoms with van der Waals surface area (Å²) in [5, 5.41) is 0. The number of carbonyl (C=O) groups excluding carboxylic acids is 1. The van der Waals surface area contributed by atoms with Crippen molar-refractivity contribution in [3.05, 3.63) is 0 Å². The van der Waals surface area contributed by atoms with Crippen LogP contribution in [0.25, 0.3) is 0 Å². The summed E-state index contributed by atoms with van der Waals surface area (Å²) in [5.41, 5.74) is 5.59. The van der Waals surface area contributed by atoms with E-state index in [1.54, 1.807) is 0 Å². The molecular weight excluding hydrogens is 198 g/mol. The van der Waals surface area contributed by atoms with Crippen LogP contribution in [0.3, 0.4) is 0 Å². The molecule has 0 aliphatic rings. The second-order valence-corrected chi connectivity index (χ2v) is 5.38. The van der Waals surface area contributed by atoms with Crippen LogP contribution in [0.4, 0.5) is 0 Å². The number of Topliss-reactive ketones (excluding diaryl/α,β-unsaturated/α-hetero) is 1. The maximum atomic E-state index is 11.7. The van der Waals surface area contributed by atoms with Gasteiger partial charge in [-0.05, 0) is 37.1 Å². The summed E-state index contributed by atoms with van der Waals surface area (Å²) in [4.78, 5) is 11.7. The number of rotatable bonds is 9. The first-order chi connectivity index (χ1) is 7.51. The van der Waals surface area contributed by atoms with Gasteiger partial charge in [0.1, 0.15) is 5.78 Å². The highest BCUT2D eigenvalue weighted by atomic mass is 16.1. The third-order valence-electron chi connectivity index (χ3n) is 3.55. The molecule has 0 radical (unpaired) electrons. The van der Waals surface area contributed by atoms with Crippen molar-refractivity contribution in [3.63, 3.8) is 0 Å². The van der Waals surface area contributed by atoms with Crippen LogP contribution in [-0.4, -0.2) is 12.3 Å². The van der Waals surface area contributed by atoms with E-state index in [4.69, 9.17) is 5.73 Å². The van der Waals surface area contributed by atoms with Crippen LogP contribution < -0.4 is 5.73 Å². The zero-order chi connectivity index (χ0) is 12.6. The van der Waals surface area contributed by atoms with Crippen molar-refractivity contribution >= 4 is 5.78 Å². The van der Waals surface area contributed by atoms with E-state index in [9.17, 15) is 4.79 Å². The molecule has 2 nitrogen and oxygen atoms in total. The van der Waals surface area contributed by atoms with Gasteiger partial charge in [-0.15, -0.1) is 0 Å². The molecule has 0 rings (SSSR count). The largest absolute Gasteiger partial charge is 0.330 e. The van der Waals surface area contributed by atoms with E-state index in [2.05, 4.69) is 27.7 Å². The maximum absolute atomic E-state index is 11.7. The number of nitrogens with two attached hydrogens (primary N) is 1. The molecule has 0 heterocycles. The molecule has 0 saturated carbocycles. The van der Waals surface area contributed by atoms with Crippen LogP contribution in [0.1, 0.15) is 59.8 Å². The molecule has 0 bridgehead atoms. The van der Waals surface area contributed by atoms with Crippen LogP contribution in [0.5, 0.6) is 0 Å². The van der Waals surface area contributed by atoms with Crippen molar-refractivity contribution in [3.8, 4) is 0 Å². The number of ketones is 1. The first-order valence-electron chi connectivity index (χ1n) is 6.72. The zero-order valence-electron chi connectivity index (χ0n) is 11.5. The predicted octanol–water partition coefficient (Wildman–Crippen LogP) is 3.39. The molecule has 2 atom stereocenters. The minimum Gasteiger partial charge on any atom is -0.330 e. The van der Waals surface area contributed by atoms with Gasteiger partial charge < -0.3 is 5.73 Å². The summed E-state index contributed by atoms with van der Waals surface area (Å²) in [5.74, 6) is 2.22. The van der Waals surface area contributed by atoms with E-state index >= 15 is 0 Å². The summed E-state index contributed by atoms with van der Waals surface area (Å²) in [6.45, 7) is 9.47. The van der Waals surface area contributed by atoms with Crippen molar-refractivity contribution in [2.45, 2.75) is 59.8 Å². The molecule has 0 aliphatic heterocycles. The highest BCUT2D eigenvalue weighted by molar-refractivity contribution is 5.78. The van der Waals surface area contributed by atoms with E-state index in [0.29, 0.717) is 23.5 Å². The summed E-state index contributed by atoms with van der Waals surface area (Å²) in [6.07, 6.45) is 4.66. The van der Waals surface area contributed by atoms with E-state index in [1.165, 1.54) is 0 Å². The molecule has 2 unspecified atom stereocenters. The van der Waals surface area contributed by atoms with Gasteiger partial charge in [-0.1, -0.05) is 34.1 Å². The number of carbonyl (C=O) groups is 1. The SMILES string of the molecule is CCC(C)CC(=O)CCC(CCN)C(C)C. The quantitative estimate of drug-likeness (QED) is 0.656. The van der Waals surface area contributed by atoms with E-state index in [-0.39, 0.29) is 0 Å². The Morgan fingerprint density at radius 2 is 1.81 bits per heavy atom. The third kappa shape index (κ3) is 7.00. The summed E-state index contributed by atoms with van der Waals surface area (Å²) in [7, 11) is 0. The minimum absolute atomic E-state index is 0.428. The highest BCUT2D eigenvalue weighted by Crippen LogP contribution is 2.21. The molecule has 0 saturated heterocycles. The molecule has 0 amide bonds. The second-order valence-electron chi connectivity index (χ2n) is 5.38. The molecule has 96 valence electrons. The van der Waals surface area contributed by atoms with Crippen LogP contribution >= 0.6 is 0 Å². The Bertz CT molecular complexity index is 189. The Morgan fingerprint density at radius 3 is 2.25 bits per heavy atom. The summed E-state index contributed by atoms with van der Waals surface area (Å²) in [6, 6.07) is 0. The fourth-order valence-electron chi connectivity index (χ4n) is 2.01. The fraction of sp³-hybridized carbons (Fsp3) is 0.929. The van der Waals surface area contributed by atoms with Crippen LogP contribution in [0.2, 0.25) is 0 Å². The average Bonchev–Trinajstić information content (AvgIpc) is 2.23. The molecule has 0 aromatic heterocycles. The van der Waals surface area contributed by atoms with Gasteiger partial charge in [0.25, 0.3) is 0 Å². The second kappa shape index (κ2) is 8.74. The van der Waals surface area contributed by atoms with Crippen LogP contribution in [0, 0.1) is 17.8 Å². The molecule has 0 spiro atoms. The van der Waals surface area contributed by atoms with Crippen molar-refractivity contribution in [1.82, 2.24) is 0 Å². The summed E-state index contributed by atoms with van der Waals surface area (Å²) < 4.78 is 0. The lowest BCUT2D eigenvalue weighted by molar-refractivity contribution is -0.120. The van der Waals surface area contributed by atoms with Gasteiger partial charge in [-0.2, -0.15) is 0 Å². The van der Waals surface area contributed by atoms with Gasteiger partial charge >= 0.3 is 0 Å². The standard InChI is InChI=1S/C14H29NO/c1-5-12(4)10-14(16)7-6-13(8-9-15)11(2)3/h11-13H,5-10,15H2,1-4H3. The molecule has 2 heteroatoms. The smallest absolute Gasteiger partial charge is 0.133 e. The van der Waals surface area contributed by atoms with Crippen LogP contribution in [-0.2, 0) is 4.79 Å². The lowest BCUT2D eigenvalue weighted by Crippen LogP contribution is -2.16. The first-order valence-corrected chi connectivity index (χ1v) is 6.72. The van der Waals surface area contributed by atoms with Crippen LogP contribution in [0.15, 0.2) is 0 Å². The highest BCUT2D eigenvalue weighted by Gasteiger charge is 2.15. The average molecular weight is 227 g/mol. The first kappa shape index (κ1) is 15.6. The van der Waals surface area contributed by atoms with Gasteiger partial charge in [0.15, 0.2) is 0 Å². The van der Waals surface area contributed by atoms with Gasteiger partial charge in [0.2, 0.25) is 0 Å². The molecule has 16 heavy (non-hydrogen) atoms. The molecule has 0 aromatic carbocycles. The van der Waals surface area contributed by atoms with Gasteiger partial charge in [0, 0.05) is 12.8 Å². The van der Waals surface area contributed by atoms with E-state index < -0.39 is 0 Å². The van der Waals surface area contributed by atoms with Crippen molar-refractivity contribution < 1.29 is 4.79 Å². The van der Waals surface area contributed by atoms with Crippen molar-refractivity contribution in [2.75, 3.05) is 6.54 Å². The van der Waals surface area contributed by atoms with Gasteiger partial charge in [-0.3, -0.25) is 4.79 Å². The predicted molar refractivity (Wildman–Crippen MR) is 70.3 cm³/mol. The zero-order valence-corrected chi connectivity index (χ0v) is 11.5. The molecule has 0 fully saturated rings. The Morgan fingerprint density at radius 1 is 1.19 bits per heavy atom. The van der Waals surface area contributed by atoms with Crippen molar-refractivity contribution in [2.24, 2.45) is 23.5 Å². The Balaban J connectivity index is 3.87. The van der Waals surface area contributed by atoms with Crippen molar-refractivity contribution in [1.29, 1.82) is 0 Å². The lowest BCUT2D eigenvalue weighted by Gasteiger charge is -2.19. The molecule has 0 aliphatic carbocycles. The monoisotopic (exact) mass is 227 g/mol. The minimum atomic E-state index is 0.428. The van der Waals surface area contributed by atoms with Gasteiger partial charge in [-0.25, -0.2) is 0 Å². The van der Waals surface area contributed by atoms with E-state index in [0.717, 1.165) is 38.6 Å². The normalized spacial score (nSPS) is 15.1. The fourth-order valence-corrected chi connectivity index (χ4v) is 2.01. The lowest BCUT2D eigenvalue weighted by atomic mass is 9.86. The Kier molecular flexibility index (Phi) is 8.54. The maximum Gasteiger partial charge on any atom is 0.133 e. The molecule has 0 aromatic rings.